The molecule has 0 saturated carbocycles. The van der Waals surface area contributed by atoms with Crippen LogP contribution in [0.3, 0.4) is 0 Å². The largest absolute Gasteiger partial charge is 0.494 e. The maximum atomic E-state index is 13.7. The van der Waals surface area contributed by atoms with Gasteiger partial charge in [-0.1, -0.05) is 37.3 Å². The van der Waals surface area contributed by atoms with E-state index in [-0.39, 0.29) is 18.6 Å². The molecule has 0 heterocycles. The summed E-state index contributed by atoms with van der Waals surface area (Å²) in [5.41, 5.74) is 1.35. The van der Waals surface area contributed by atoms with E-state index < -0.39 is 17.7 Å². The van der Waals surface area contributed by atoms with E-state index in [1.54, 1.807) is 12.1 Å². The molecule has 1 atom stereocenters. The Morgan fingerprint density at radius 2 is 2.00 bits per heavy atom. The Morgan fingerprint density at radius 1 is 1.23 bits per heavy atom. The Bertz CT molecular complexity index is 640. The van der Waals surface area contributed by atoms with Gasteiger partial charge in [0.1, 0.15) is 11.6 Å². The smallest absolute Gasteiger partial charge is 0.311 e. The first-order valence-electron chi connectivity index (χ1n) is 7.30. The number of halogens is 1. The number of carboxylic acids is 1. The molecule has 2 rings (SSSR count). The molecule has 0 spiro atoms. The number of aryl methyl sites for hydroxylation is 1. The van der Waals surface area contributed by atoms with Gasteiger partial charge in [-0.3, -0.25) is 4.79 Å². The van der Waals surface area contributed by atoms with Crippen LogP contribution >= 0.6 is 0 Å². The molecule has 22 heavy (non-hydrogen) atoms. The second-order valence-corrected chi connectivity index (χ2v) is 5.05. The zero-order valence-corrected chi connectivity index (χ0v) is 12.5. The lowest BCUT2D eigenvalue weighted by Gasteiger charge is -2.14. The Hall–Kier alpha value is -2.36. The molecule has 1 N–H and O–H groups in total. The molecule has 2 aromatic rings. The summed E-state index contributed by atoms with van der Waals surface area (Å²) >= 11 is 0. The number of benzene rings is 2. The van der Waals surface area contributed by atoms with Gasteiger partial charge in [0, 0.05) is 5.56 Å². The molecule has 0 bridgehead atoms. The summed E-state index contributed by atoms with van der Waals surface area (Å²) in [7, 11) is 0. The molecule has 116 valence electrons. The van der Waals surface area contributed by atoms with Gasteiger partial charge >= 0.3 is 5.97 Å². The summed E-state index contributed by atoms with van der Waals surface area (Å²) in [5.74, 6) is -1.74. The van der Waals surface area contributed by atoms with Crippen LogP contribution in [0, 0.1) is 5.82 Å². The molecular weight excluding hydrogens is 283 g/mol. The molecule has 0 radical (unpaired) electrons. The predicted molar refractivity (Wildman–Crippen MR) is 82.7 cm³/mol. The standard InChI is InChI=1S/C18H19FO3/c1-2-13-6-5-7-14(12-13)22-11-10-16(18(20)21)15-8-3-4-9-17(15)19/h3-9,12,16H,2,10-11H2,1H3,(H,20,21). The first-order valence-corrected chi connectivity index (χ1v) is 7.30. The third kappa shape index (κ3) is 4.07. The minimum atomic E-state index is -1.05. The quantitative estimate of drug-likeness (QED) is 0.840. The molecule has 0 amide bonds. The van der Waals surface area contributed by atoms with E-state index in [0.717, 1.165) is 12.0 Å². The summed E-state index contributed by atoms with van der Waals surface area (Å²) in [5, 5.41) is 9.31. The van der Waals surface area contributed by atoms with Crippen LogP contribution < -0.4 is 4.74 Å². The van der Waals surface area contributed by atoms with Gasteiger partial charge in [-0.25, -0.2) is 4.39 Å². The van der Waals surface area contributed by atoms with Crippen LogP contribution in [-0.4, -0.2) is 17.7 Å². The fourth-order valence-electron chi connectivity index (χ4n) is 2.32. The number of rotatable bonds is 7. The van der Waals surface area contributed by atoms with Crippen molar-refractivity contribution in [2.24, 2.45) is 0 Å². The molecule has 2 aromatic carbocycles. The average molecular weight is 302 g/mol. The number of carboxylic acid groups (broad SMARTS) is 1. The zero-order chi connectivity index (χ0) is 15.9. The molecule has 0 aliphatic rings. The maximum absolute atomic E-state index is 13.7. The summed E-state index contributed by atoms with van der Waals surface area (Å²) in [6.07, 6.45) is 1.12. The predicted octanol–water partition coefficient (Wildman–Crippen LogP) is 4.03. The van der Waals surface area contributed by atoms with Crippen LogP contribution in [0.2, 0.25) is 0 Å². The minimum Gasteiger partial charge on any atom is -0.494 e. The minimum absolute atomic E-state index is 0.195. The molecule has 0 aliphatic carbocycles. The Labute approximate surface area is 129 Å². The van der Waals surface area contributed by atoms with Crippen molar-refractivity contribution in [3.05, 3.63) is 65.5 Å². The summed E-state index contributed by atoms with van der Waals surface area (Å²) in [6, 6.07) is 13.6. The first kappa shape index (κ1) is 16.0. The lowest BCUT2D eigenvalue weighted by atomic mass is 9.96. The molecule has 0 saturated heterocycles. The summed E-state index contributed by atoms with van der Waals surface area (Å²) < 4.78 is 19.3. The number of hydrogen-bond acceptors (Lipinski definition) is 2. The van der Waals surface area contributed by atoms with Crippen molar-refractivity contribution in [1.82, 2.24) is 0 Å². The van der Waals surface area contributed by atoms with Crippen LogP contribution in [0.5, 0.6) is 5.75 Å². The number of aliphatic carboxylic acids is 1. The van der Waals surface area contributed by atoms with Crippen molar-refractivity contribution >= 4 is 5.97 Å². The van der Waals surface area contributed by atoms with Gasteiger partial charge in [-0.05, 0) is 36.6 Å². The molecule has 0 aromatic heterocycles. The number of ether oxygens (including phenoxy) is 1. The molecular formula is C18H19FO3. The van der Waals surface area contributed by atoms with Crippen LogP contribution in [0.15, 0.2) is 48.5 Å². The highest BCUT2D eigenvalue weighted by molar-refractivity contribution is 5.76. The van der Waals surface area contributed by atoms with Gasteiger partial charge in [0.15, 0.2) is 0 Å². The van der Waals surface area contributed by atoms with Crippen molar-refractivity contribution in [3.63, 3.8) is 0 Å². The second-order valence-electron chi connectivity index (χ2n) is 5.05. The monoisotopic (exact) mass is 302 g/mol. The zero-order valence-electron chi connectivity index (χ0n) is 12.5. The van der Waals surface area contributed by atoms with Crippen molar-refractivity contribution < 1.29 is 19.0 Å². The van der Waals surface area contributed by atoms with E-state index in [1.165, 1.54) is 12.1 Å². The lowest BCUT2D eigenvalue weighted by molar-refractivity contribution is -0.139. The van der Waals surface area contributed by atoms with E-state index in [9.17, 15) is 14.3 Å². The first-order chi connectivity index (χ1) is 10.6. The average Bonchev–Trinajstić information content (AvgIpc) is 2.52. The highest BCUT2D eigenvalue weighted by Gasteiger charge is 2.22. The molecule has 4 heteroatoms. The maximum Gasteiger partial charge on any atom is 0.311 e. The van der Waals surface area contributed by atoms with E-state index >= 15 is 0 Å². The van der Waals surface area contributed by atoms with Crippen molar-refractivity contribution in [2.75, 3.05) is 6.61 Å². The highest BCUT2D eigenvalue weighted by Crippen LogP contribution is 2.23. The van der Waals surface area contributed by atoms with Crippen LogP contribution in [0.25, 0.3) is 0 Å². The van der Waals surface area contributed by atoms with Gasteiger partial charge in [0.2, 0.25) is 0 Å². The van der Waals surface area contributed by atoms with E-state index in [1.807, 2.05) is 24.3 Å². The lowest BCUT2D eigenvalue weighted by Crippen LogP contribution is -2.16. The van der Waals surface area contributed by atoms with E-state index in [2.05, 4.69) is 6.92 Å². The third-order valence-corrected chi connectivity index (χ3v) is 3.56. The van der Waals surface area contributed by atoms with E-state index in [0.29, 0.717) is 5.75 Å². The molecule has 0 aliphatic heterocycles. The van der Waals surface area contributed by atoms with Crippen molar-refractivity contribution in [1.29, 1.82) is 0 Å². The van der Waals surface area contributed by atoms with Gasteiger partial charge in [-0.2, -0.15) is 0 Å². The number of hydrogen-bond donors (Lipinski definition) is 1. The van der Waals surface area contributed by atoms with Gasteiger partial charge < -0.3 is 9.84 Å². The number of carbonyl (C=O) groups is 1. The van der Waals surface area contributed by atoms with Gasteiger partial charge in [0.05, 0.1) is 12.5 Å². The molecule has 1 unspecified atom stereocenters. The molecule has 0 fully saturated rings. The Morgan fingerprint density at radius 3 is 2.68 bits per heavy atom. The normalized spacial score (nSPS) is 11.9. The van der Waals surface area contributed by atoms with E-state index in [4.69, 9.17) is 4.74 Å². The Kier molecular flexibility index (Phi) is 5.53. The Balaban J connectivity index is 2.01. The summed E-state index contributed by atoms with van der Waals surface area (Å²) in [4.78, 5) is 11.4. The topological polar surface area (TPSA) is 46.5 Å². The van der Waals surface area contributed by atoms with Gasteiger partial charge in [0.25, 0.3) is 0 Å². The van der Waals surface area contributed by atoms with Crippen LogP contribution in [0.4, 0.5) is 4.39 Å². The fourth-order valence-corrected chi connectivity index (χ4v) is 2.32. The van der Waals surface area contributed by atoms with Crippen LogP contribution in [-0.2, 0) is 11.2 Å². The van der Waals surface area contributed by atoms with Crippen molar-refractivity contribution in [2.45, 2.75) is 25.7 Å². The van der Waals surface area contributed by atoms with Crippen LogP contribution in [0.1, 0.15) is 30.4 Å². The third-order valence-electron chi connectivity index (χ3n) is 3.56. The fraction of sp³-hybridized carbons (Fsp3) is 0.278. The van der Waals surface area contributed by atoms with Crippen molar-refractivity contribution in [3.8, 4) is 5.75 Å². The SMILES string of the molecule is CCc1cccc(OCCC(C(=O)O)c2ccccc2F)c1. The highest BCUT2D eigenvalue weighted by atomic mass is 19.1. The second kappa shape index (κ2) is 7.59. The molecule has 3 nitrogen and oxygen atoms in total. The summed E-state index contributed by atoms with van der Waals surface area (Å²) in [6.45, 7) is 2.27. The van der Waals surface area contributed by atoms with Gasteiger partial charge in [-0.15, -0.1) is 0 Å².